The molecular weight excluding hydrogens is 399 g/mol. The highest BCUT2D eigenvalue weighted by Gasteiger charge is 2.18. The van der Waals surface area contributed by atoms with Crippen molar-refractivity contribution in [1.29, 1.82) is 0 Å². The Balaban J connectivity index is 1.59. The van der Waals surface area contributed by atoms with Gasteiger partial charge in [-0.25, -0.2) is 0 Å². The maximum Gasteiger partial charge on any atom is 0.225 e. The van der Waals surface area contributed by atoms with Gasteiger partial charge in [0.2, 0.25) is 5.91 Å². The van der Waals surface area contributed by atoms with E-state index in [2.05, 4.69) is 4.98 Å². The third kappa shape index (κ3) is 6.45. The Hall–Kier alpha value is -1.66. The molecule has 0 bridgehead atoms. The molecule has 0 aliphatic carbocycles. The Labute approximate surface area is 175 Å². The lowest BCUT2D eigenvalue weighted by Gasteiger charge is -2.23. The van der Waals surface area contributed by atoms with Crippen molar-refractivity contribution < 1.29 is 14.3 Å². The summed E-state index contributed by atoms with van der Waals surface area (Å²) in [6, 6.07) is 11.1. The molecule has 1 unspecified atom stereocenters. The monoisotopic (exact) mass is 422 g/mol. The summed E-state index contributed by atoms with van der Waals surface area (Å²) in [5.41, 5.74) is 1.75. The maximum absolute atomic E-state index is 12.8. The van der Waals surface area contributed by atoms with Crippen LogP contribution in [-0.4, -0.2) is 41.7 Å². The standard InChI is InChI=1S/C21H24Cl2N2O3/c22-19-7-6-16(12-20(19)23)13-25(14-17-4-1-2-9-24-17)21(26)8-11-27-15-18-5-3-10-28-18/h1-2,4,6-7,9,12,18H,3,5,8,10-11,13-15H2. The number of nitrogens with zero attached hydrogens (tertiary/aromatic N) is 2. The van der Waals surface area contributed by atoms with Gasteiger partial charge in [-0.05, 0) is 42.7 Å². The number of rotatable bonds is 9. The summed E-state index contributed by atoms with van der Waals surface area (Å²) in [4.78, 5) is 18.9. The van der Waals surface area contributed by atoms with Crippen LogP contribution in [0, 0.1) is 0 Å². The van der Waals surface area contributed by atoms with E-state index in [9.17, 15) is 4.79 Å². The van der Waals surface area contributed by atoms with Gasteiger partial charge < -0.3 is 14.4 Å². The largest absolute Gasteiger partial charge is 0.378 e. The first-order valence-corrected chi connectivity index (χ1v) is 10.2. The van der Waals surface area contributed by atoms with Crippen LogP contribution in [0.4, 0.5) is 0 Å². The molecule has 7 heteroatoms. The number of carbonyl (C=O) groups is 1. The maximum atomic E-state index is 12.8. The fourth-order valence-corrected chi connectivity index (χ4v) is 3.41. The molecule has 1 aliphatic heterocycles. The van der Waals surface area contributed by atoms with E-state index >= 15 is 0 Å². The van der Waals surface area contributed by atoms with Crippen molar-refractivity contribution in [3.05, 3.63) is 63.9 Å². The number of carbonyl (C=O) groups excluding carboxylic acids is 1. The van der Waals surface area contributed by atoms with Gasteiger partial charge in [0, 0.05) is 19.3 Å². The molecule has 1 fully saturated rings. The summed E-state index contributed by atoms with van der Waals surface area (Å²) >= 11 is 12.1. The normalized spacial score (nSPS) is 16.3. The van der Waals surface area contributed by atoms with Crippen molar-refractivity contribution in [2.75, 3.05) is 19.8 Å². The number of benzene rings is 1. The number of ether oxygens (including phenoxy) is 2. The number of aromatic nitrogens is 1. The van der Waals surface area contributed by atoms with Crippen LogP contribution in [0.3, 0.4) is 0 Å². The average molecular weight is 423 g/mol. The minimum absolute atomic E-state index is 0.00376. The van der Waals surface area contributed by atoms with Gasteiger partial charge in [0.15, 0.2) is 0 Å². The minimum Gasteiger partial charge on any atom is -0.378 e. The van der Waals surface area contributed by atoms with Crippen molar-refractivity contribution >= 4 is 29.1 Å². The number of halogens is 2. The van der Waals surface area contributed by atoms with Crippen molar-refractivity contribution in [3.63, 3.8) is 0 Å². The van der Waals surface area contributed by atoms with Gasteiger partial charge in [-0.1, -0.05) is 35.3 Å². The number of hydrogen-bond acceptors (Lipinski definition) is 4. The SMILES string of the molecule is O=C(CCOCC1CCCO1)N(Cc1ccc(Cl)c(Cl)c1)Cc1ccccn1. The van der Waals surface area contributed by atoms with Crippen LogP contribution in [0.25, 0.3) is 0 Å². The fourth-order valence-electron chi connectivity index (χ4n) is 3.09. The molecule has 0 radical (unpaired) electrons. The van der Waals surface area contributed by atoms with E-state index in [0.717, 1.165) is 30.7 Å². The van der Waals surface area contributed by atoms with E-state index in [1.165, 1.54) is 0 Å². The third-order valence-corrected chi connectivity index (χ3v) is 5.32. The van der Waals surface area contributed by atoms with E-state index in [1.807, 2.05) is 24.3 Å². The Kier molecular flexibility index (Phi) is 8.10. The zero-order chi connectivity index (χ0) is 19.8. The van der Waals surface area contributed by atoms with Crippen LogP contribution in [0.1, 0.15) is 30.5 Å². The predicted octanol–water partition coefficient (Wildman–Crippen LogP) is 4.50. The van der Waals surface area contributed by atoms with Crippen molar-refractivity contribution in [3.8, 4) is 0 Å². The highest BCUT2D eigenvalue weighted by molar-refractivity contribution is 6.42. The molecular formula is C21H24Cl2N2O3. The van der Waals surface area contributed by atoms with Crippen molar-refractivity contribution in [2.24, 2.45) is 0 Å². The molecule has 0 saturated carbocycles. The van der Waals surface area contributed by atoms with Crippen LogP contribution in [0.5, 0.6) is 0 Å². The summed E-state index contributed by atoms with van der Waals surface area (Å²) < 4.78 is 11.2. The summed E-state index contributed by atoms with van der Waals surface area (Å²) in [7, 11) is 0. The molecule has 1 aliphatic rings. The molecule has 5 nitrogen and oxygen atoms in total. The molecule has 28 heavy (non-hydrogen) atoms. The average Bonchev–Trinajstić information content (AvgIpc) is 3.22. The molecule has 1 amide bonds. The van der Waals surface area contributed by atoms with Gasteiger partial charge in [-0.15, -0.1) is 0 Å². The molecule has 2 aromatic rings. The zero-order valence-corrected chi connectivity index (χ0v) is 17.2. The Morgan fingerprint density at radius 2 is 2.11 bits per heavy atom. The number of pyridine rings is 1. The van der Waals surface area contributed by atoms with E-state index in [4.69, 9.17) is 32.7 Å². The van der Waals surface area contributed by atoms with Crippen LogP contribution >= 0.6 is 23.2 Å². The molecule has 0 spiro atoms. The summed E-state index contributed by atoms with van der Waals surface area (Å²) in [5.74, 6) is 0.00376. The molecule has 1 aromatic heterocycles. The molecule has 3 rings (SSSR count). The number of amides is 1. The first-order valence-electron chi connectivity index (χ1n) is 9.43. The Morgan fingerprint density at radius 3 is 2.82 bits per heavy atom. The van der Waals surface area contributed by atoms with Crippen molar-refractivity contribution in [2.45, 2.75) is 38.5 Å². The van der Waals surface area contributed by atoms with E-state index in [0.29, 0.717) is 42.8 Å². The summed E-state index contributed by atoms with van der Waals surface area (Å²) in [6.07, 6.45) is 4.30. The lowest BCUT2D eigenvalue weighted by atomic mass is 10.2. The van der Waals surface area contributed by atoms with E-state index < -0.39 is 0 Å². The molecule has 2 heterocycles. The van der Waals surface area contributed by atoms with Gasteiger partial charge in [-0.2, -0.15) is 0 Å². The lowest BCUT2D eigenvalue weighted by molar-refractivity contribution is -0.134. The first kappa shape index (κ1) is 21.1. The second-order valence-electron chi connectivity index (χ2n) is 6.78. The predicted molar refractivity (Wildman–Crippen MR) is 109 cm³/mol. The van der Waals surface area contributed by atoms with Crippen LogP contribution < -0.4 is 0 Å². The van der Waals surface area contributed by atoms with Crippen molar-refractivity contribution in [1.82, 2.24) is 9.88 Å². The second-order valence-corrected chi connectivity index (χ2v) is 7.59. The quantitative estimate of drug-likeness (QED) is 0.558. The van der Waals surface area contributed by atoms with Crippen LogP contribution in [0.15, 0.2) is 42.6 Å². The molecule has 1 atom stereocenters. The van der Waals surface area contributed by atoms with E-state index in [1.54, 1.807) is 23.2 Å². The van der Waals surface area contributed by atoms with E-state index in [-0.39, 0.29) is 12.0 Å². The molecule has 1 aromatic carbocycles. The number of hydrogen-bond donors (Lipinski definition) is 0. The fraction of sp³-hybridized carbons (Fsp3) is 0.429. The summed E-state index contributed by atoms with van der Waals surface area (Å²) in [6.45, 7) is 2.57. The van der Waals surface area contributed by atoms with Crippen LogP contribution in [-0.2, 0) is 27.4 Å². The smallest absolute Gasteiger partial charge is 0.225 e. The minimum atomic E-state index is 0.00376. The van der Waals surface area contributed by atoms with Gasteiger partial charge in [0.05, 0.1) is 48.0 Å². The topological polar surface area (TPSA) is 51.7 Å². The van der Waals surface area contributed by atoms with Gasteiger partial charge in [-0.3, -0.25) is 9.78 Å². The molecule has 150 valence electrons. The second kappa shape index (κ2) is 10.8. The Bertz CT molecular complexity index is 768. The van der Waals surface area contributed by atoms with Gasteiger partial charge in [0.1, 0.15) is 0 Å². The molecule has 0 N–H and O–H groups in total. The highest BCUT2D eigenvalue weighted by atomic mass is 35.5. The van der Waals surface area contributed by atoms with Gasteiger partial charge in [0.25, 0.3) is 0 Å². The van der Waals surface area contributed by atoms with Gasteiger partial charge >= 0.3 is 0 Å². The zero-order valence-electron chi connectivity index (χ0n) is 15.7. The third-order valence-electron chi connectivity index (χ3n) is 4.58. The first-order chi connectivity index (χ1) is 13.6. The summed E-state index contributed by atoms with van der Waals surface area (Å²) in [5, 5.41) is 0.972. The highest BCUT2D eigenvalue weighted by Crippen LogP contribution is 2.23. The Morgan fingerprint density at radius 1 is 1.21 bits per heavy atom. The lowest BCUT2D eigenvalue weighted by Crippen LogP contribution is -2.31. The van der Waals surface area contributed by atoms with Crippen LogP contribution in [0.2, 0.25) is 10.0 Å². The molecule has 1 saturated heterocycles.